The molecule has 0 aromatic heterocycles. The number of hydrogen-bond donors (Lipinski definition) is 2. The van der Waals surface area contributed by atoms with Gasteiger partial charge in [-0.2, -0.15) is 0 Å². The third-order valence-electron chi connectivity index (χ3n) is 1.44. The highest BCUT2D eigenvalue weighted by molar-refractivity contribution is 7.80. The van der Waals surface area contributed by atoms with Crippen molar-refractivity contribution in [2.75, 3.05) is 0 Å². The van der Waals surface area contributed by atoms with Crippen LogP contribution in [0.4, 0.5) is 5.69 Å². The Morgan fingerprint density at radius 2 is 2.23 bits per heavy atom. The number of thiocarbonyl (C=S) groups is 1. The number of nitro groups is 1. The van der Waals surface area contributed by atoms with Crippen molar-refractivity contribution >= 4 is 22.9 Å². The van der Waals surface area contributed by atoms with E-state index >= 15 is 0 Å². The summed E-state index contributed by atoms with van der Waals surface area (Å²) in [4.78, 5) is 9.75. The van der Waals surface area contributed by atoms with Gasteiger partial charge in [-0.1, -0.05) is 12.2 Å². The molecular formula is C7H6N2O3S. The van der Waals surface area contributed by atoms with Gasteiger partial charge in [-0.15, -0.1) is 0 Å². The third-order valence-corrected chi connectivity index (χ3v) is 1.66. The molecule has 0 aliphatic rings. The quantitative estimate of drug-likeness (QED) is 0.419. The first kappa shape index (κ1) is 9.40. The first-order chi connectivity index (χ1) is 6.02. The smallest absolute Gasteiger partial charge is 0.283 e. The maximum atomic E-state index is 10.5. The van der Waals surface area contributed by atoms with Gasteiger partial charge in [-0.25, -0.2) is 0 Å². The number of phenols is 1. The molecule has 3 N–H and O–H groups in total. The van der Waals surface area contributed by atoms with Gasteiger partial charge >= 0.3 is 0 Å². The lowest BCUT2D eigenvalue weighted by Crippen LogP contribution is -2.11. The molecule has 0 aliphatic heterocycles. The van der Waals surface area contributed by atoms with Crippen molar-refractivity contribution in [3.63, 3.8) is 0 Å². The van der Waals surface area contributed by atoms with E-state index in [0.717, 1.165) is 6.07 Å². The fourth-order valence-electron chi connectivity index (χ4n) is 0.879. The van der Waals surface area contributed by atoms with Gasteiger partial charge in [0, 0.05) is 0 Å². The van der Waals surface area contributed by atoms with Gasteiger partial charge in [-0.3, -0.25) is 10.1 Å². The van der Waals surface area contributed by atoms with Crippen LogP contribution in [0, 0.1) is 10.1 Å². The molecule has 68 valence electrons. The monoisotopic (exact) mass is 198 g/mol. The Hall–Kier alpha value is -1.69. The zero-order chi connectivity index (χ0) is 10.0. The first-order valence-corrected chi connectivity index (χ1v) is 3.70. The van der Waals surface area contributed by atoms with Crippen LogP contribution in [-0.2, 0) is 0 Å². The molecule has 0 saturated heterocycles. The molecule has 0 atom stereocenters. The highest BCUT2D eigenvalue weighted by Crippen LogP contribution is 2.23. The lowest BCUT2D eigenvalue weighted by atomic mass is 10.2. The SMILES string of the molecule is NC(=S)c1ccc(O)cc1[N+](=O)[O-]. The van der Waals surface area contributed by atoms with E-state index in [1.807, 2.05) is 0 Å². The summed E-state index contributed by atoms with van der Waals surface area (Å²) in [5.41, 5.74) is 5.11. The Balaban J connectivity index is 3.35. The fraction of sp³-hybridized carbons (Fsp3) is 0. The van der Waals surface area contributed by atoms with Gasteiger partial charge in [0.2, 0.25) is 0 Å². The average Bonchev–Trinajstić information content (AvgIpc) is 2.03. The summed E-state index contributed by atoms with van der Waals surface area (Å²) in [5, 5.41) is 19.4. The molecule has 0 heterocycles. The number of nitrogens with two attached hydrogens (primary N) is 1. The standard InChI is InChI=1S/C7H6N2O3S/c8-7(13)5-2-1-4(10)3-6(5)9(11)12/h1-3,10H,(H2,8,13). The van der Waals surface area contributed by atoms with Crippen molar-refractivity contribution in [2.45, 2.75) is 0 Å². The summed E-state index contributed by atoms with van der Waals surface area (Å²) in [6.07, 6.45) is 0. The molecule has 0 amide bonds. The van der Waals surface area contributed by atoms with Crippen molar-refractivity contribution in [2.24, 2.45) is 5.73 Å². The number of nitro benzene ring substituents is 1. The second-order valence-electron chi connectivity index (χ2n) is 2.32. The van der Waals surface area contributed by atoms with Crippen LogP contribution in [-0.4, -0.2) is 15.0 Å². The van der Waals surface area contributed by atoms with Gasteiger partial charge < -0.3 is 10.8 Å². The number of phenolic OH excluding ortho intramolecular Hbond substituents is 1. The van der Waals surface area contributed by atoms with E-state index in [4.69, 9.17) is 10.8 Å². The summed E-state index contributed by atoms with van der Waals surface area (Å²) in [6, 6.07) is 3.62. The Morgan fingerprint density at radius 3 is 2.69 bits per heavy atom. The molecule has 0 bridgehead atoms. The van der Waals surface area contributed by atoms with Gasteiger partial charge in [0.25, 0.3) is 5.69 Å². The maximum Gasteiger partial charge on any atom is 0.283 e. The Kier molecular flexibility index (Phi) is 2.43. The highest BCUT2D eigenvalue weighted by Gasteiger charge is 2.15. The number of nitrogens with zero attached hydrogens (tertiary/aromatic N) is 1. The number of aromatic hydroxyl groups is 1. The van der Waals surface area contributed by atoms with Gasteiger partial charge in [-0.05, 0) is 12.1 Å². The van der Waals surface area contributed by atoms with Gasteiger partial charge in [0.1, 0.15) is 10.7 Å². The van der Waals surface area contributed by atoms with E-state index in [-0.39, 0.29) is 22.0 Å². The van der Waals surface area contributed by atoms with E-state index < -0.39 is 4.92 Å². The maximum absolute atomic E-state index is 10.5. The van der Waals surface area contributed by atoms with Crippen molar-refractivity contribution in [1.29, 1.82) is 0 Å². The summed E-state index contributed by atoms with van der Waals surface area (Å²) in [5.74, 6) is -0.188. The minimum absolute atomic E-state index is 0.0632. The molecule has 0 unspecified atom stereocenters. The second-order valence-corrected chi connectivity index (χ2v) is 2.76. The normalized spacial score (nSPS) is 9.54. The molecule has 1 aromatic carbocycles. The molecule has 13 heavy (non-hydrogen) atoms. The second kappa shape index (κ2) is 3.36. The number of rotatable bonds is 2. The Labute approximate surface area is 78.9 Å². The van der Waals surface area contributed by atoms with Crippen molar-refractivity contribution in [1.82, 2.24) is 0 Å². The van der Waals surface area contributed by atoms with E-state index in [9.17, 15) is 10.1 Å². The summed E-state index contributed by atoms with van der Waals surface area (Å²) in [6.45, 7) is 0. The van der Waals surface area contributed by atoms with E-state index in [2.05, 4.69) is 12.2 Å². The lowest BCUT2D eigenvalue weighted by Gasteiger charge is -2.00. The van der Waals surface area contributed by atoms with Gasteiger partial charge in [0.05, 0.1) is 16.6 Å². The zero-order valence-corrected chi connectivity index (χ0v) is 7.25. The molecule has 6 heteroatoms. The van der Waals surface area contributed by atoms with Crippen LogP contribution in [0.3, 0.4) is 0 Å². The number of benzene rings is 1. The number of hydrogen-bond acceptors (Lipinski definition) is 4. The Morgan fingerprint density at radius 1 is 1.62 bits per heavy atom. The van der Waals surface area contributed by atoms with E-state index in [0.29, 0.717) is 0 Å². The molecule has 1 aromatic rings. The molecule has 5 nitrogen and oxygen atoms in total. The van der Waals surface area contributed by atoms with Crippen molar-refractivity contribution in [3.05, 3.63) is 33.9 Å². The van der Waals surface area contributed by atoms with Crippen LogP contribution < -0.4 is 5.73 Å². The molecule has 0 radical (unpaired) electrons. The molecular weight excluding hydrogens is 192 g/mol. The van der Waals surface area contributed by atoms with Crippen LogP contribution in [0.15, 0.2) is 18.2 Å². The minimum atomic E-state index is -0.645. The Bertz CT molecular complexity index is 378. The molecule has 0 spiro atoms. The van der Waals surface area contributed by atoms with E-state index in [1.54, 1.807) is 0 Å². The van der Waals surface area contributed by atoms with Crippen LogP contribution >= 0.6 is 12.2 Å². The highest BCUT2D eigenvalue weighted by atomic mass is 32.1. The largest absolute Gasteiger partial charge is 0.508 e. The lowest BCUT2D eigenvalue weighted by molar-refractivity contribution is -0.385. The zero-order valence-electron chi connectivity index (χ0n) is 6.43. The fourth-order valence-corrected chi connectivity index (χ4v) is 1.05. The van der Waals surface area contributed by atoms with Crippen LogP contribution in [0.25, 0.3) is 0 Å². The van der Waals surface area contributed by atoms with Crippen molar-refractivity contribution in [3.8, 4) is 5.75 Å². The predicted molar refractivity (Wildman–Crippen MR) is 50.6 cm³/mol. The molecule has 1 rings (SSSR count). The molecule has 0 aliphatic carbocycles. The molecule has 0 fully saturated rings. The minimum Gasteiger partial charge on any atom is -0.508 e. The summed E-state index contributed by atoms with van der Waals surface area (Å²) in [7, 11) is 0. The third kappa shape index (κ3) is 1.91. The average molecular weight is 198 g/mol. The van der Waals surface area contributed by atoms with Crippen LogP contribution in [0.1, 0.15) is 5.56 Å². The van der Waals surface area contributed by atoms with Crippen LogP contribution in [0.5, 0.6) is 5.75 Å². The van der Waals surface area contributed by atoms with Crippen LogP contribution in [0.2, 0.25) is 0 Å². The first-order valence-electron chi connectivity index (χ1n) is 3.29. The topological polar surface area (TPSA) is 89.4 Å². The summed E-state index contributed by atoms with van der Waals surface area (Å²) >= 11 is 4.60. The summed E-state index contributed by atoms with van der Waals surface area (Å²) < 4.78 is 0. The van der Waals surface area contributed by atoms with E-state index in [1.165, 1.54) is 12.1 Å². The van der Waals surface area contributed by atoms with Crippen molar-refractivity contribution < 1.29 is 10.0 Å². The molecule has 0 saturated carbocycles. The predicted octanol–water partition coefficient (Wildman–Crippen LogP) is 0.935. The van der Waals surface area contributed by atoms with Gasteiger partial charge in [0.15, 0.2) is 0 Å².